The van der Waals surface area contributed by atoms with Crippen LogP contribution in [0.5, 0.6) is 11.5 Å². The maximum Gasteiger partial charge on any atom is 0.134 e. The van der Waals surface area contributed by atoms with Crippen molar-refractivity contribution < 1.29 is 14.6 Å². The van der Waals surface area contributed by atoms with Crippen LogP contribution >= 0.6 is 0 Å². The molecule has 0 atom stereocenters. The van der Waals surface area contributed by atoms with Gasteiger partial charge in [0.05, 0.1) is 0 Å². The second kappa shape index (κ2) is 15.1. The summed E-state index contributed by atoms with van der Waals surface area (Å²) in [7, 11) is 1.00. The molecule has 0 fully saturated rings. The molecule has 32 heavy (non-hydrogen) atoms. The topological polar surface area (TPSA) is 38.7 Å². The summed E-state index contributed by atoms with van der Waals surface area (Å²) in [5.74, 6) is 3.74. The Morgan fingerprint density at radius 2 is 1.16 bits per heavy atom. The molecule has 2 aliphatic heterocycles. The Morgan fingerprint density at radius 3 is 1.50 bits per heavy atom. The fourth-order valence-corrected chi connectivity index (χ4v) is 3.50. The zero-order valence-corrected chi connectivity index (χ0v) is 20.9. The molecule has 0 aliphatic carbocycles. The third-order valence-corrected chi connectivity index (χ3v) is 4.84. The van der Waals surface area contributed by atoms with Crippen molar-refractivity contribution in [2.45, 2.75) is 67.2 Å². The van der Waals surface area contributed by atoms with Crippen molar-refractivity contribution in [3.8, 4) is 11.5 Å². The minimum atomic E-state index is 0.879. The van der Waals surface area contributed by atoms with Crippen LogP contribution in [0.3, 0.4) is 0 Å². The van der Waals surface area contributed by atoms with Gasteiger partial charge < -0.3 is 14.6 Å². The number of hydrogen-bond donors (Lipinski definition) is 1. The number of ether oxygens (including phenoxy) is 2. The van der Waals surface area contributed by atoms with Crippen molar-refractivity contribution in [3.63, 3.8) is 0 Å². The van der Waals surface area contributed by atoms with Gasteiger partial charge in [0.2, 0.25) is 0 Å². The number of hydrogen-bond acceptors (Lipinski definition) is 3. The molecule has 3 rings (SSSR count). The van der Waals surface area contributed by atoms with Crippen LogP contribution < -0.4 is 9.47 Å². The summed E-state index contributed by atoms with van der Waals surface area (Å²) in [4.78, 5) is 0. The average Bonchev–Trinajstić information content (AvgIpc) is 2.83. The van der Waals surface area contributed by atoms with Crippen molar-refractivity contribution in [2.75, 3.05) is 7.11 Å². The minimum Gasteiger partial charge on any atom is -0.457 e. The fraction of sp³-hybridized carbons (Fsp3) is 0.379. The zero-order chi connectivity index (χ0) is 23.9. The minimum absolute atomic E-state index is 0.879. The van der Waals surface area contributed by atoms with E-state index in [1.54, 1.807) is 0 Å². The quantitative estimate of drug-likeness (QED) is 0.523. The molecule has 0 saturated heterocycles. The maximum atomic E-state index is 7.00. The number of aliphatic hydroxyl groups excluding tert-OH is 1. The standard InChI is InChI=1S/C26H30O2.C2H6.CH4O/c1-5-9-13-19-15-21-17-22-16-20(14-10-6-2)24(12-8-4)28-26(22)18-25(21)27-23(19)11-7-3;2*1-2/h5-6,9-14,17-18H,7-8,15-16H2,1-4H3;1-2H3;2H,1H3/b9-5-,10-6-,19-13-,20-14-,23-11+,24-12+;;. The summed E-state index contributed by atoms with van der Waals surface area (Å²) in [6.45, 7) is 12.3. The predicted molar refractivity (Wildman–Crippen MR) is 137 cm³/mol. The van der Waals surface area contributed by atoms with Crippen molar-refractivity contribution in [3.05, 3.63) is 94.5 Å². The largest absolute Gasteiger partial charge is 0.457 e. The Labute approximate surface area is 195 Å². The van der Waals surface area contributed by atoms with Gasteiger partial charge in [-0.1, -0.05) is 64.2 Å². The Balaban J connectivity index is 0.00000121. The number of rotatable bonds is 4. The van der Waals surface area contributed by atoms with Crippen molar-refractivity contribution >= 4 is 0 Å². The number of fused-ring (bicyclic) bond motifs is 2. The fourth-order valence-electron chi connectivity index (χ4n) is 3.50. The van der Waals surface area contributed by atoms with Gasteiger partial charge in [-0.2, -0.15) is 0 Å². The summed E-state index contributed by atoms with van der Waals surface area (Å²) in [6.07, 6.45) is 20.5. The van der Waals surface area contributed by atoms with Crippen LogP contribution in [-0.2, 0) is 12.8 Å². The highest BCUT2D eigenvalue weighted by Crippen LogP contribution is 2.41. The van der Waals surface area contributed by atoms with Crippen LogP contribution in [-0.4, -0.2) is 12.2 Å². The van der Waals surface area contributed by atoms with Crippen LogP contribution in [0.1, 0.15) is 65.5 Å². The number of benzene rings is 1. The highest BCUT2D eigenvalue weighted by atomic mass is 16.5. The highest BCUT2D eigenvalue weighted by molar-refractivity contribution is 5.57. The van der Waals surface area contributed by atoms with E-state index in [0.29, 0.717) is 0 Å². The van der Waals surface area contributed by atoms with E-state index in [-0.39, 0.29) is 0 Å². The molecule has 0 saturated carbocycles. The highest BCUT2D eigenvalue weighted by Gasteiger charge is 2.25. The van der Waals surface area contributed by atoms with Gasteiger partial charge in [0.15, 0.2) is 0 Å². The summed E-state index contributed by atoms with van der Waals surface area (Å²) in [6, 6.07) is 4.32. The van der Waals surface area contributed by atoms with Gasteiger partial charge in [-0.25, -0.2) is 0 Å². The molecule has 0 spiro atoms. The molecule has 174 valence electrons. The number of aliphatic hydroxyl groups is 1. The van der Waals surface area contributed by atoms with E-state index < -0.39 is 0 Å². The molecular weight excluding hydrogens is 396 g/mol. The van der Waals surface area contributed by atoms with Gasteiger partial charge >= 0.3 is 0 Å². The molecule has 1 N–H and O–H groups in total. The lowest BCUT2D eigenvalue weighted by molar-refractivity contribution is 0.390. The summed E-state index contributed by atoms with van der Waals surface area (Å²) in [5.41, 5.74) is 4.89. The van der Waals surface area contributed by atoms with Crippen LogP contribution in [0.15, 0.2) is 83.4 Å². The molecular formula is C29H40O3. The second-order valence-corrected chi connectivity index (χ2v) is 7.01. The molecule has 1 aromatic rings. The second-order valence-electron chi connectivity index (χ2n) is 7.01. The van der Waals surface area contributed by atoms with Gasteiger partial charge in [0.1, 0.15) is 23.0 Å². The van der Waals surface area contributed by atoms with Gasteiger partial charge in [-0.15, -0.1) is 0 Å². The summed E-state index contributed by atoms with van der Waals surface area (Å²) in [5, 5.41) is 7.00. The Hall–Kier alpha value is -2.78. The first-order chi connectivity index (χ1) is 15.7. The predicted octanol–water partition coefficient (Wildman–Crippen LogP) is 7.78. The molecule has 0 amide bonds. The monoisotopic (exact) mass is 436 g/mol. The van der Waals surface area contributed by atoms with E-state index in [1.165, 1.54) is 22.3 Å². The lowest BCUT2D eigenvalue weighted by Crippen LogP contribution is -2.15. The third-order valence-electron chi connectivity index (χ3n) is 4.84. The average molecular weight is 437 g/mol. The zero-order valence-electron chi connectivity index (χ0n) is 20.9. The molecule has 0 unspecified atom stereocenters. The van der Waals surface area contributed by atoms with E-state index in [9.17, 15) is 0 Å². The van der Waals surface area contributed by atoms with E-state index in [2.05, 4.69) is 62.4 Å². The van der Waals surface area contributed by atoms with Gasteiger partial charge in [-0.05, 0) is 67.2 Å². The molecule has 3 nitrogen and oxygen atoms in total. The SMILES string of the molecule is CC.CO.C\C=C/C=C1/Cc2cc3c(cc2O/C1=C/CC)OC(=C/CC)/C(=C\C=C/C)C3. The molecule has 1 aromatic carbocycles. The Kier molecular flexibility index (Phi) is 12.9. The molecule has 3 heteroatoms. The van der Waals surface area contributed by atoms with E-state index in [0.717, 1.165) is 55.8 Å². The molecule has 0 bridgehead atoms. The smallest absolute Gasteiger partial charge is 0.134 e. The lowest BCUT2D eigenvalue weighted by atomic mass is 9.92. The van der Waals surface area contributed by atoms with Gasteiger partial charge in [-0.3, -0.25) is 0 Å². The first kappa shape index (κ1) is 27.3. The molecule has 2 heterocycles. The van der Waals surface area contributed by atoms with E-state index >= 15 is 0 Å². The molecule has 2 aliphatic rings. The lowest BCUT2D eigenvalue weighted by Gasteiger charge is -2.28. The van der Waals surface area contributed by atoms with Crippen LogP contribution in [0.25, 0.3) is 0 Å². The summed E-state index contributed by atoms with van der Waals surface area (Å²) >= 11 is 0. The van der Waals surface area contributed by atoms with E-state index in [1.807, 2.05) is 39.8 Å². The Morgan fingerprint density at radius 1 is 0.750 bits per heavy atom. The van der Waals surface area contributed by atoms with Crippen LogP contribution in [0.4, 0.5) is 0 Å². The van der Waals surface area contributed by atoms with E-state index in [4.69, 9.17) is 14.6 Å². The Bertz CT molecular complexity index is 837. The first-order valence-electron chi connectivity index (χ1n) is 11.7. The third kappa shape index (κ3) is 7.13. The first-order valence-corrected chi connectivity index (χ1v) is 11.7. The van der Waals surface area contributed by atoms with Crippen molar-refractivity contribution in [2.24, 2.45) is 0 Å². The molecule has 0 aromatic heterocycles. The van der Waals surface area contributed by atoms with Crippen molar-refractivity contribution in [1.29, 1.82) is 0 Å². The maximum absolute atomic E-state index is 7.00. The number of allylic oxidation sites excluding steroid dienone is 10. The van der Waals surface area contributed by atoms with Gasteiger partial charge in [0, 0.05) is 26.0 Å². The van der Waals surface area contributed by atoms with Crippen LogP contribution in [0.2, 0.25) is 0 Å². The van der Waals surface area contributed by atoms with Crippen molar-refractivity contribution in [1.82, 2.24) is 0 Å². The molecule has 0 radical (unpaired) electrons. The normalized spacial score (nSPS) is 19.8. The summed E-state index contributed by atoms with van der Waals surface area (Å²) < 4.78 is 12.5. The van der Waals surface area contributed by atoms with Gasteiger partial charge in [0.25, 0.3) is 0 Å². The van der Waals surface area contributed by atoms with Crippen LogP contribution in [0, 0.1) is 0 Å².